The SMILES string of the molecule is CCOC(=O)N1CCc2c(sc(NC(=O)CN(C)S(C)(=O)=O)c2C(=O)OC)C1. The molecule has 0 spiro atoms. The van der Waals surface area contributed by atoms with Gasteiger partial charge in [-0.25, -0.2) is 18.0 Å². The Morgan fingerprint density at radius 1 is 1.32 bits per heavy atom. The van der Waals surface area contributed by atoms with Gasteiger partial charge in [-0.15, -0.1) is 11.3 Å². The molecule has 0 aliphatic carbocycles. The fourth-order valence-electron chi connectivity index (χ4n) is 2.67. The van der Waals surface area contributed by atoms with Crippen LogP contribution in [0.3, 0.4) is 0 Å². The highest BCUT2D eigenvalue weighted by Crippen LogP contribution is 2.37. The first-order valence-electron chi connectivity index (χ1n) is 8.44. The number of anilines is 1. The van der Waals surface area contributed by atoms with Gasteiger partial charge in [0.2, 0.25) is 15.9 Å². The molecule has 0 atom stereocenters. The molecule has 0 bridgehead atoms. The lowest BCUT2D eigenvalue weighted by molar-refractivity contribution is -0.116. The Balaban J connectivity index is 2.27. The Hall–Kier alpha value is -2.18. The molecule has 0 aromatic carbocycles. The van der Waals surface area contributed by atoms with Crippen LogP contribution in [0, 0.1) is 0 Å². The summed E-state index contributed by atoms with van der Waals surface area (Å²) in [6.07, 6.45) is 0.962. The number of carbonyl (C=O) groups is 3. The van der Waals surface area contributed by atoms with E-state index in [0.29, 0.717) is 18.5 Å². The summed E-state index contributed by atoms with van der Waals surface area (Å²) in [5.41, 5.74) is 0.950. The van der Waals surface area contributed by atoms with Crippen molar-refractivity contribution in [3.05, 3.63) is 16.0 Å². The minimum Gasteiger partial charge on any atom is -0.465 e. The normalized spacial score (nSPS) is 13.8. The molecule has 1 aromatic rings. The third kappa shape index (κ3) is 5.00. The molecule has 1 N–H and O–H groups in total. The lowest BCUT2D eigenvalue weighted by atomic mass is 10.0. The van der Waals surface area contributed by atoms with Gasteiger partial charge in [0.1, 0.15) is 5.00 Å². The van der Waals surface area contributed by atoms with Gasteiger partial charge in [0, 0.05) is 18.5 Å². The second-order valence-electron chi connectivity index (χ2n) is 6.14. The van der Waals surface area contributed by atoms with Gasteiger partial charge in [0.05, 0.1) is 38.6 Å². The van der Waals surface area contributed by atoms with E-state index >= 15 is 0 Å². The lowest BCUT2D eigenvalue weighted by Gasteiger charge is -2.26. The van der Waals surface area contributed by atoms with Crippen LogP contribution in [0.5, 0.6) is 0 Å². The minimum absolute atomic E-state index is 0.237. The molecule has 0 radical (unpaired) electrons. The van der Waals surface area contributed by atoms with Crippen molar-refractivity contribution in [3.63, 3.8) is 0 Å². The molecule has 0 saturated heterocycles. The predicted octanol–water partition coefficient (Wildman–Crippen LogP) is 0.879. The maximum Gasteiger partial charge on any atom is 0.410 e. The number of likely N-dealkylation sites (N-methyl/N-ethyl adjacent to an activating group) is 1. The Labute approximate surface area is 167 Å². The number of hydrogen-bond acceptors (Lipinski definition) is 8. The van der Waals surface area contributed by atoms with Crippen LogP contribution >= 0.6 is 11.3 Å². The second kappa shape index (κ2) is 8.88. The first-order chi connectivity index (χ1) is 13.1. The second-order valence-corrected chi connectivity index (χ2v) is 9.33. The van der Waals surface area contributed by atoms with E-state index in [9.17, 15) is 22.8 Å². The van der Waals surface area contributed by atoms with Gasteiger partial charge in [0.15, 0.2) is 0 Å². The zero-order valence-corrected chi connectivity index (χ0v) is 17.7. The summed E-state index contributed by atoms with van der Waals surface area (Å²) in [5.74, 6) is -1.19. The predicted molar refractivity (Wildman–Crippen MR) is 103 cm³/mol. The van der Waals surface area contributed by atoms with Crippen LogP contribution in [-0.2, 0) is 37.3 Å². The molecule has 156 valence electrons. The van der Waals surface area contributed by atoms with E-state index in [2.05, 4.69) is 5.32 Å². The molecule has 2 rings (SSSR count). The van der Waals surface area contributed by atoms with Crippen molar-refractivity contribution in [2.75, 3.05) is 45.4 Å². The molecule has 10 nitrogen and oxygen atoms in total. The molecular formula is C16H23N3O7S2. The monoisotopic (exact) mass is 433 g/mol. The van der Waals surface area contributed by atoms with E-state index in [4.69, 9.17) is 9.47 Å². The number of nitrogens with zero attached hydrogens (tertiary/aromatic N) is 2. The number of carbonyl (C=O) groups excluding carboxylic acids is 3. The number of methoxy groups -OCH3 is 1. The molecule has 0 unspecified atom stereocenters. The van der Waals surface area contributed by atoms with Crippen LogP contribution in [-0.4, -0.2) is 75.7 Å². The maximum atomic E-state index is 12.3. The summed E-state index contributed by atoms with van der Waals surface area (Å²) in [6.45, 7) is 2.21. The third-order valence-corrected chi connectivity index (χ3v) is 6.55. The topological polar surface area (TPSA) is 122 Å². The van der Waals surface area contributed by atoms with Crippen molar-refractivity contribution in [3.8, 4) is 0 Å². The van der Waals surface area contributed by atoms with E-state index in [-0.39, 0.29) is 23.7 Å². The Morgan fingerprint density at radius 3 is 2.57 bits per heavy atom. The van der Waals surface area contributed by atoms with Crippen LogP contribution in [0.4, 0.5) is 9.80 Å². The van der Waals surface area contributed by atoms with Crippen molar-refractivity contribution in [1.82, 2.24) is 9.21 Å². The van der Waals surface area contributed by atoms with E-state index in [1.807, 2.05) is 0 Å². The Morgan fingerprint density at radius 2 is 2.00 bits per heavy atom. The summed E-state index contributed by atoms with van der Waals surface area (Å²) in [6, 6.07) is 0. The van der Waals surface area contributed by atoms with E-state index in [0.717, 1.165) is 26.8 Å². The number of ether oxygens (including phenoxy) is 2. The van der Waals surface area contributed by atoms with Crippen LogP contribution < -0.4 is 5.32 Å². The number of nitrogens with one attached hydrogen (secondary N) is 1. The highest BCUT2D eigenvalue weighted by Gasteiger charge is 2.31. The summed E-state index contributed by atoms with van der Waals surface area (Å²) < 4.78 is 33.7. The van der Waals surface area contributed by atoms with Gasteiger partial charge in [-0.2, -0.15) is 4.31 Å². The van der Waals surface area contributed by atoms with Gasteiger partial charge in [-0.05, 0) is 18.9 Å². The number of fused-ring (bicyclic) bond motifs is 1. The lowest BCUT2D eigenvalue weighted by Crippen LogP contribution is -2.36. The minimum atomic E-state index is -3.52. The van der Waals surface area contributed by atoms with Gasteiger partial charge in [0.25, 0.3) is 0 Å². The average Bonchev–Trinajstić information content (AvgIpc) is 2.96. The standard InChI is InChI=1S/C16H23N3O7S2/c1-5-26-16(22)19-7-6-10-11(8-19)27-14(13(10)15(21)25-3)17-12(20)9-18(2)28(4,23)24/h5-9H2,1-4H3,(H,17,20). The highest BCUT2D eigenvalue weighted by molar-refractivity contribution is 7.88. The fraction of sp³-hybridized carbons (Fsp3) is 0.562. The van der Waals surface area contributed by atoms with Crippen LogP contribution in [0.1, 0.15) is 27.7 Å². The van der Waals surface area contributed by atoms with Gasteiger partial charge < -0.3 is 19.7 Å². The zero-order valence-electron chi connectivity index (χ0n) is 16.1. The van der Waals surface area contributed by atoms with Crippen molar-refractivity contribution >= 4 is 44.3 Å². The molecule has 2 amide bonds. The molecular weight excluding hydrogens is 410 g/mol. The number of rotatable bonds is 6. The molecule has 1 aliphatic rings. The molecule has 12 heteroatoms. The summed E-state index contributed by atoms with van der Waals surface area (Å²) >= 11 is 1.16. The first kappa shape index (κ1) is 22.1. The first-order valence-corrected chi connectivity index (χ1v) is 11.1. The summed E-state index contributed by atoms with van der Waals surface area (Å²) in [7, 11) is -0.996. The Bertz CT molecular complexity index is 879. The van der Waals surface area contributed by atoms with Crippen molar-refractivity contribution in [1.29, 1.82) is 0 Å². The smallest absolute Gasteiger partial charge is 0.410 e. The maximum absolute atomic E-state index is 12.3. The Kier molecular flexibility index (Phi) is 7.01. The molecule has 0 saturated carbocycles. The van der Waals surface area contributed by atoms with Crippen LogP contribution in [0.2, 0.25) is 0 Å². The van der Waals surface area contributed by atoms with E-state index < -0.39 is 34.5 Å². The quantitative estimate of drug-likeness (QED) is 0.661. The number of amides is 2. The molecule has 1 aromatic heterocycles. The number of esters is 1. The van der Waals surface area contributed by atoms with Crippen molar-refractivity contribution in [2.24, 2.45) is 0 Å². The zero-order chi connectivity index (χ0) is 21.1. The molecule has 2 heterocycles. The summed E-state index contributed by atoms with van der Waals surface area (Å²) in [4.78, 5) is 38.8. The van der Waals surface area contributed by atoms with E-state index in [1.54, 1.807) is 6.92 Å². The number of hydrogen-bond donors (Lipinski definition) is 1. The van der Waals surface area contributed by atoms with Crippen LogP contribution in [0.15, 0.2) is 0 Å². The fourth-order valence-corrected chi connectivity index (χ4v) is 4.29. The van der Waals surface area contributed by atoms with Crippen molar-refractivity contribution in [2.45, 2.75) is 19.9 Å². The number of thiophene rings is 1. The van der Waals surface area contributed by atoms with Gasteiger partial charge in [-0.1, -0.05) is 0 Å². The van der Waals surface area contributed by atoms with Crippen molar-refractivity contribution < 1.29 is 32.3 Å². The molecule has 28 heavy (non-hydrogen) atoms. The largest absolute Gasteiger partial charge is 0.465 e. The van der Waals surface area contributed by atoms with Gasteiger partial charge in [-0.3, -0.25) is 4.79 Å². The molecule has 0 fully saturated rings. The van der Waals surface area contributed by atoms with Crippen LogP contribution in [0.25, 0.3) is 0 Å². The van der Waals surface area contributed by atoms with E-state index in [1.165, 1.54) is 19.1 Å². The summed E-state index contributed by atoms with van der Waals surface area (Å²) in [5, 5.41) is 2.87. The highest BCUT2D eigenvalue weighted by atomic mass is 32.2. The molecule has 1 aliphatic heterocycles. The third-order valence-electron chi connectivity index (χ3n) is 4.16. The van der Waals surface area contributed by atoms with Gasteiger partial charge >= 0.3 is 12.1 Å². The number of sulfonamides is 1. The average molecular weight is 434 g/mol.